The van der Waals surface area contributed by atoms with Crippen molar-refractivity contribution in [1.82, 2.24) is 4.90 Å². The summed E-state index contributed by atoms with van der Waals surface area (Å²) < 4.78 is 5.98. The second kappa shape index (κ2) is 6.42. The number of hydrogen-bond donors (Lipinski definition) is 2. The van der Waals surface area contributed by atoms with Gasteiger partial charge in [0.05, 0.1) is 24.6 Å². The first-order valence-electron chi connectivity index (χ1n) is 11.1. The summed E-state index contributed by atoms with van der Waals surface area (Å²) in [6, 6.07) is 1.51. The van der Waals surface area contributed by atoms with Crippen molar-refractivity contribution in [2.45, 2.75) is 94.5 Å². The molecule has 1 heterocycles. The Morgan fingerprint density at radius 3 is 2.55 bits per heavy atom. The number of carbonyl (C=O) groups excluding carboxylic acids is 2. The largest absolute Gasteiger partial charge is 0.459 e. The second-order valence-electron chi connectivity index (χ2n) is 10.7. The van der Waals surface area contributed by atoms with E-state index in [-0.39, 0.29) is 35.8 Å². The molecule has 7 heteroatoms. The minimum atomic E-state index is -0.723. The number of carbonyl (C=O) groups is 2. The fourth-order valence-corrected chi connectivity index (χ4v) is 7.57. The summed E-state index contributed by atoms with van der Waals surface area (Å²) in [6.07, 6.45) is 6.29. The van der Waals surface area contributed by atoms with E-state index in [1.54, 1.807) is 11.8 Å². The number of esters is 1. The molecular weight excluding hydrogens is 370 g/mol. The maximum absolute atomic E-state index is 13.4. The van der Waals surface area contributed by atoms with Gasteiger partial charge in [-0.1, -0.05) is 0 Å². The Balaban J connectivity index is 1.38. The van der Waals surface area contributed by atoms with Crippen LogP contribution in [0.2, 0.25) is 0 Å². The van der Waals surface area contributed by atoms with Gasteiger partial charge in [0.25, 0.3) is 0 Å². The molecule has 4 bridgehead atoms. The molecular formula is C22H31N3O4. The number of nitrogens with two attached hydrogens (primary N) is 1. The van der Waals surface area contributed by atoms with E-state index in [0.29, 0.717) is 24.2 Å². The lowest BCUT2D eigenvalue weighted by atomic mass is 9.46. The third-order valence-electron chi connectivity index (χ3n) is 8.28. The number of ether oxygens (including phenoxy) is 1. The van der Waals surface area contributed by atoms with Crippen molar-refractivity contribution in [3.8, 4) is 6.07 Å². The van der Waals surface area contributed by atoms with Crippen LogP contribution < -0.4 is 5.73 Å². The Kier molecular flexibility index (Phi) is 4.28. The summed E-state index contributed by atoms with van der Waals surface area (Å²) in [6.45, 7) is 1.59. The second-order valence-corrected chi connectivity index (χ2v) is 10.7. The van der Waals surface area contributed by atoms with Crippen LogP contribution in [0.15, 0.2) is 0 Å². The first kappa shape index (κ1) is 19.3. The van der Waals surface area contributed by atoms with E-state index in [1.165, 1.54) is 0 Å². The summed E-state index contributed by atoms with van der Waals surface area (Å²) in [7, 11) is 0. The Hall–Kier alpha value is -1.65. The molecule has 7 unspecified atom stereocenters. The van der Waals surface area contributed by atoms with Crippen LogP contribution in [0.5, 0.6) is 0 Å². The highest BCUT2D eigenvalue weighted by Crippen LogP contribution is 2.64. The Labute approximate surface area is 171 Å². The number of amides is 1. The molecule has 7 atom stereocenters. The van der Waals surface area contributed by atoms with Gasteiger partial charge >= 0.3 is 5.97 Å². The predicted octanol–water partition coefficient (Wildman–Crippen LogP) is 1.48. The minimum absolute atomic E-state index is 0.00420. The number of fused-ring (bicyclic) bond motifs is 1. The van der Waals surface area contributed by atoms with E-state index < -0.39 is 17.7 Å². The predicted molar refractivity (Wildman–Crippen MR) is 103 cm³/mol. The van der Waals surface area contributed by atoms with Gasteiger partial charge in [-0.05, 0) is 81.5 Å². The van der Waals surface area contributed by atoms with Gasteiger partial charge in [-0.25, -0.2) is 0 Å². The highest BCUT2D eigenvalue weighted by atomic mass is 16.6. The van der Waals surface area contributed by atoms with Crippen LogP contribution in [0.1, 0.15) is 64.7 Å². The molecule has 29 heavy (non-hydrogen) atoms. The normalized spacial score (nSPS) is 46.0. The molecule has 6 rings (SSSR count). The summed E-state index contributed by atoms with van der Waals surface area (Å²) in [5.74, 6) is 0.887. The molecule has 5 saturated carbocycles. The maximum Gasteiger partial charge on any atom is 0.308 e. The van der Waals surface area contributed by atoms with Crippen molar-refractivity contribution in [1.29, 1.82) is 5.26 Å². The van der Waals surface area contributed by atoms with E-state index in [0.717, 1.165) is 44.9 Å². The highest BCUT2D eigenvalue weighted by Gasteiger charge is 2.64. The Bertz CT molecular complexity index is 761. The number of piperidine rings is 1. The lowest BCUT2D eigenvalue weighted by Crippen LogP contribution is -2.65. The number of likely N-dealkylation sites (tertiary alicyclic amines) is 1. The van der Waals surface area contributed by atoms with Gasteiger partial charge in [0, 0.05) is 6.04 Å². The van der Waals surface area contributed by atoms with Crippen molar-refractivity contribution in [2.75, 3.05) is 0 Å². The molecule has 1 saturated heterocycles. The minimum Gasteiger partial charge on any atom is -0.459 e. The summed E-state index contributed by atoms with van der Waals surface area (Å²) in [4.78, 5) is 27.6. The Morgan fingerprint density at radius 2 is 1.93 bits per heavy atom. The Morgan fingerprint density at radius 1 is 1.24 bits per heavy atom. The van der Waals surface area contributed by atoms with Gasteiger partial charge in [0.2, 0.25) is 5.91 Å². The fraction of sp³-hybridized carbons (Fsp3) is 0.864. The molecule has 1 aliphatic heterocycles. The van der Waals surface area contributed by atoms with Gasteiger partial charge in [-0.15, -0.1) is 0 Å². The topological polar surface area (TPSA) is 117 Å². The molecule has 1 amide bonds. The quantitative estimate of drug-likeness (QED) is 0.674. The van der Waals surface area contributed by atoms with Crippen LogP contribution in [0.3, 0.4) is 0 Å². The average molecular weight is 402 g/mol. The summed E-state index contributed by atoms with van der Waals surface area (Å²) >= 11 is 0. The molecule has 0 spiro atoms. The zero-order chi connectivity index (χ0) is 20.6. The van der Waals surface area contributed by atoms with E-state index >= 15 is 0 Å². The first-order valence-corrected chi connectivity index (χ1v) is 11.1. The van der Waals surface area contributed by atoms with E-state index in [9.17, 15) is 20.0 Å². The summed E-state index contributed by atoms with van der Waals surface area (Å²) in [5.41, 5.74) is 5.79. The fourth-order valence-electron chi connectivity index (χ4n) is 7.57. The lowest BCUT2D eigenvalue weighted by molar-refractivity contribution is -0.207. The lowest BCUT2D eigenvalue weighted by Gasteiger charge is -2.62. The van der Waals surface area contributed by atoms with Gasteiger partial charge in [0.15, 0.2) is 0 Å². The smallest absolute Gasteiger partial charge is 0.308 e. The molecule has 158 valence electrons. The van der Waals surface area contributed by atoms with Crippen molar-refractivity contribution < 1.29 is 19.4 Å². The summed E-state index contributed by atoms with van der Waals surface area (Å²) in [5, 5.41) is 19.0. The molecule has 6 fully saturated rings. The van der Waals surface area contributed by atoms with E-state index in [2.05, 4.69) is 6.07 Å². The van der Waals surface area contributed by atoms with Gasteiger partial charge < -0.3 is 20.5 Å². The van der Waals surface area contributed by atoms with Gasteiger partial charge in [0.1, 0.15) is 11.6 Å². The van der Waals surface area contributed by atoms with Crippen LogP contribution >= 0.6 is 0 Å². The van der Waals surface area contributed by atoms with Crippen LogP contribution in [-0.2, 0) is 14.3 Å². The molecule has 0 aromatic rings. The van der Waals surface area contributed by atoms with Crippen LogP contribution in [0.4, 0.5) is 0 Å². The van der Waals surface area contributed by atoms with Crippen LogP contribution in [-0.4, -0.2) is 51.7 Å². The van der Waals surface area contributed by atoms with Crippen molar-refractivity contribution in [3.05, 3.63) is 0 Å². The molecule has 5 aliphatic carbocycles. The SMILES string of the molecule is CC(O)CC(=O)OC12CC3CC(C1)CC(C(N)C(=O)N1C(C#N)CC4CC41)(C3)C2. The van der Waals surface area contributed by atoms with Crippen LogP contribution in [0.25, 0.3) is 0 Å². The monoisotopic (exact) mass is 401 g/mol. The van der Waals surface area contributed by atoms with E-state index in [1.807, 2.05) is 0 Å². The first-order chi connectivity index (χ1) is 13.7. The number of hydrogen-bond acceptors (Lipinski definition) is 6. The van der Waals surface area contributed by atoms with Gasteiger partial charge in [-0.3, -0.25) is 9.59 Å². The van der Waals surface area contributed by atoms with Crippen LogP contribution in [0, 0.1) is 34.5 Å². The highest BCUT2D eigenvalue weighted by molar-refractivity contribution is 5.84. The molecule has 0 aromatic carbocycles. The number of nitrogens with zero attached hydrogens (tertiary/aromatic N) is 2. The average Bonchev–Trinajstić information content (AvgIpc) is 3.28. The molecule has 6 aliphatic rings. The standard InChI is InChI=1S/C22H31N3O4/c1-12(26)2-18(27)29-22-8-13-3-14(9-22)7-21(6-13,11-22)19(24)20(28)25-16(10-23)4-15-5-17(15)25/h12-17,19,26H,2-9,11,24H2,1H3. The van der Waals surface area contributed by atoms with Crippen molar-refractivity contribution in [2.24, 2.45) is 28.9 Å². The molecule has 0 radical (unpaired) electrons. The number of nitriles is 1. The molecule has 0 aromatic heterocycles. The van der Waals surface area contributed by atoms with Gasteiger partial charge in [-0.2, -0.15) is 5.26 Å². The number of rotatable bonds is 5. The van der Waals surface area contributed by atoms with E-state index in [4.69, 9.17) is 10.5 Å². The zero-order valence-corrected chi connectivity index (χ0v) is 17.0. The number of aliphatic hydroxyl groups excluding tert-OH is 1. The number of aliphatic hydroxyl groups is 1. The third-order valence-corrected chi connectivity index (χ3v) is 8.28. The maximum atomic E-state index is 13.4. The van der Waals surface area contributed by atoms with Crippen molar-refractivity contribution >= 4 is 11.9 Å². The third kappa shape index (κ3) is 3.07. The van der Waals surface area contributed by atoms with Crippen molar-refractivity contribution in [3.63, 3.8) is 0 Å². The zero-order valence-electron chi connectivity index (χ0n) is 17.0. The molecule has 3 N–H and O–H groups in total. The molecule has 7 nitrogen and oxygen atoms in total.